The molecule has 1 aromatic carbocycles. The lowest BCUT2D eigenvalue weighted by Crippen LogP contribution is -1.91. The minimum atomic E-state index is 0.611. The second kappa shape index (κ2) is 13.4. The van der Waals surface area contributed by atoms with Gasteiger partial charge in [-0.15, -0.1) is 0 Å². The predicted octanol–water partition coefficient (Wildman–Crippen LogP) is 3.95. The predicted molar refractivity (Wildman–Crippen MR) is 76.2 cm³/mol. The molecule has 18 heavy (non-hydrogen) atoms. The maximum absolute atomic E-state index is 8.31. The van der Waals surface area contributed by atoms with E-state index in [2.05, 4.69) is 19.0 Å². The summed E-state index contributed by atoms with van der Waals surface area (Å²) in [7, 11) is 3.12. The van der Waals surface area contributed by atoms with Crippen LogP contribution in [0.5, 0.6) is 11.5 Å². The van der Waals surface area contributed by atoms with Crippen LogP contribution in [0.2, 0.25) is 0 Å². The van der Waals surface area contributed by atoms with E-state index in [1.807, 2.05) is 13.8 Å². The molecule has 0 saturated carbocycles. The molecule has 4 nitrogen and oxygen atoms in total. The molecule has 0 radical (unpaired) electrons. The number of hydrogen-bond donors (Lipinski definition) is 1. The largest absolute Gasteiger partial charge is 0.493 e. The average Bonchev–Trinajstić information content (AvgIpc) is 2.42. The van der Waals surface area contributed by atoms with Crippen LogP contribution in [0.4, 0.5) is 0 Å². The summed E-state index contributed by atoms with van der Waals surface area (Å²) in [6.45, 7) is 8.25. The van der Waals surface area contributed by atoms with Gasteiger partial charge >= 0.3 is 0 Å². The molecule has 0 aliphatic heterocycles. The maximum atomic E-state index is 8.31. The number of benzene rings is 1. The first-order valence-electron chi connectivity index (χ1n) is 6.12. The Morgan fingerprint density at radius 2 is 1.61 bits per heavy atom. The summed E-state index contributed by atoms with van der Waals surface area (Å²) in [6, 6.07) is 5.23. The normalized spacial score (nSPS) is 8.78. The highest BCUT2D eigenvalue weighted by Gasteiger charge is 2.02. The molecule has 0 heterocycles. The van der Waals surface area contributed by atoms with Gasteiger partial charge in [0.2, 0.25) is 0 Å². The Kier molecular flexibility index (Phi) is 13.8. The fraction of sp³-hybridized carbons (Fsp3) is 0.500. The zero-order valence-corrected chi connectivity index (χ0v) is 12.2. The summed E-state index contributed by atoms with van der Waals surface area (Å²) in [5.74, 6) is 1.26. The van der Waals surface area contributed by atoms with Crippen molar-refractivity contribution < 1.29 is 14.7 Å². The van der Waals surface area contributed by atoms with Crippen LogP contribution in [-0.4, -0.2) is 25.6 Å². The van der Waals surface area contributed by atoms with Gasteiger partial charge in [-0.1, -0.05) is 39.3 Å². The van der Waals surface area contributed by atoms with Crippen LogP contribution >= 0.6 is 0 Å². The smallest absolute Gasteiger partial charge is 0.161 e. The zero-order valence-electron chi connectivity index (χ0n) is 12.2. The number of hydrogen-bond acceptors (Lipinski definition) is 4. The Morgan fingerprint density at radius 3 is 2.00 bits per heavy atom. The molecule has 0 amide bonds. The third-order valence-electron chi connectivity index (χ3n) is 1.61. The van der Waals surface area contributed by atoms with Crippen LogP contribution in [0, 0.1) is 0 Å². The standard InChI is InChI=1S/C9H11NO3.C3H8.C2H6/c1-12-8-4-3-7(6-10-11)5-9(8)13-2;1-3-2;1-2/h3-6,11H,1-2H3;3H2,1-2H3;1-2H3/b10-6-;;. The van der Waals surface area contributed by atoms with Crippen molar-refractivity contribution in [1.82, 2.24) is 0 Å². The van der Waals surface area contributed by atoms with E-state index in [4.69, 9.17) is 14.7 Å². The van der Waals surface area contributed by atoms with Gasteiger partial charge in [0.05, 0.1) is 20.4 Å². The molecule has 1 aromatic rings. The lowest BCUT2D eigenvalue weighted by molar-refractivity contribution is 0.321. The van der Waals surface area contributed by atoms with Crippen molar-refractivity contribution in [3.8, 4) is 11.5 Å². The average molecular weight is 255 g/mol. The lowest BCUT2D eigenvalue weighted by Gasteiger charge is -2.06. The monoisotopic (exact) mass is 255 g/mol. The highest BCUT2D eigenvalue weighted by atomic mass is 16.5. The fourth-order valence-electron chi connectivity index (χ4n) is 1.000. The summed E-state index contributed by atoms with van der Waals surface area (Å²) in [5, 5.41) is 11.2. The van der Waals surface area contributed by atoms with Gasteiger partial charge in [-0.3, -0.25) is 0 Å². The summed E-state index contributed by atoms with van der Waals surface area (Å²) in [5.41, 5.74) is 0.750. The van der Waals surface area contributed by atoms with Gasteiger partial charge in [-0.25, -0.2) is 0 Å². The Hall–Kier alpha value is -1.71. The number of ether oxygens (including phenoxy) is 2. The summed E-state index contributed by atoms with van der Waals surface area (Å²) in [4.78, 5) is 0. The first-order valence-corrected chi connectivity index (χ1v) is 6.12. The zero-order chi connectivity index (χ0) is 14.4. The lowest BCUT2D eigenvalue weighted by atomic mass is 10.2. The molecule has 0 aromatic heterocycles. The van der Waals surface area contributed by atoms with Crippen molar-refractivity contribution in [2.45, 2.75) is 34.1 Å². The van der Waals surface area contributed by atoms with Gasteiger partial charge in [0.15, 0.2) is 11.5 Å². The molecule has 4 heteroatoms. The molecular weight excluding hydrogens is 230 g/mol. The summed E-state index contributed by atoms with van der Waals surface area (Å²) < 4.78 is 10.1. The number of oxime groups is 1. The van der Waals surface area contributed by atoms with E-state index in [1.165, 1.54) is 12.6 Å². The third kappa shape index (κ3) is 7.54. The van der Waals surface area contributed by atoms with Crippen LogP contribution in [0.1, 0.15) is 39.7 Å². The van der Waals surface area contributed by atoms with Crippen molar-refractivity contribution in [3.63, 3.8) is 0 Å². The maximum Gasteiger partial charge on any atom is 0.161 e. The van der Waals surface area contributed by atoms with Crippen LogP contribution in [0.15, 0.2) is 23.4 Å². The SMILES string of the molecule is CC.CCC.COc1ccc(/C=N\O)cc1OC. The molecule has 0 fully saturated rings. The number of rotatable bonds is 3. The molecule has 1 rings (SSSR count). The van der Waals surface area contributed by atoms with Gasteiger partial charge in [0.25, 0.3) is 0 Å². The van der Waals surface area contributed by atoms with E-state index in [9.17, 15) is 0 Å². The van der Waals surface area contributed by atoms with Crippen molar-refractivity contribution in [2.24, 2.45) is 5.16 Å². The molecule has 0 bridgehead atoms. The highest BCUT2D eigenvalue weighted by Crippen LogP contribution is 2.26. The molecule has 0 atom stereocenters. The van der Waals surface area contributed by atoms with Crippen molar-refractivity contribution in [3.05, 3.63) is 23.8 Å². The van der Waals surface area contributed by atoms with Crippen molar-refractivity contribution in [2.75, 3.05) is 14.2 Å². The molecule has 0 spiro atoms. The minimum Gasteiger partial charge on any atom is -0.493 e. The van der Waals surface area contributed by atoms with Crippen LogP contribution in [-0.2, 0) is 0 Å². The molecule has 104 valence electrons. The van der Waals surface area contributed by atoms with Crippen LogP contribution in [0.25, 0.3) is 0 Å². The molecule has 1 N–H and O–H groups in total. The first-order chi connectivity index (χ1) is 8.73. The molecular formula is C14H25NO3. The van der Waals surface area contributed by atoms with Crippen molar-refractivity contribution in [1.29, 1.82) is 0 Å². The van der Waals surface area contributed by atoms with Crippen LogP contribution < -0.4 is 9.47 Å². The van der Waals surface area contributed by atoms with Crippen molar-refractivity contribution >= 4 is 6.21 Å². The molecule has 0 aliphatic rings. The van der Waals surface area contributed by atoms with Gasteiger partial charge in [0.1, 0.15) is 0 Å². The second-order valence-electron chi connectivity index (χ2n) is 3.07. The van der Waals surface area contributed by atoms with E-state index in [0.717, 1.165) is 5.56 Å². The van der Waals surface area contributed by atoms with Gasteiger partial charge in [-0.2, -0.15) is 0 Å². The van der Waals surface area contributed by atoms with E-state index in [-0.39, 0.29) is 0 Å². The summed E-state index contributed by atoms with van der Waals surface area (Å²) >= 11 is 0. The van der Waals surface area contributed by atoms with E-state index >= 15 is 0 Å². The molecule has 0 saturated heterocycles. The molecule has 0 aliphatic carbocycles. The Morgan fingerprint density at radius 1 is 1.11 bits per heavy atom. The van der Waals surface area contributed by atoms with E-state index < -0.39 is 0 Å². The minimum absolute atomic E-state index is 0.611. The molecule has 0 unspecified atom stereocenters. The third-order valence-corrected chi connectivity index (χ3v) is 1.61. The summed E-state index contributed by atoms with van der Waals surface area (Å²) in [6.07, 6.45) is 2.57. The van der Waals surface area contributed by atoms with Crippen LogP contribution in [0.3, 0.4) is 0 Å². The Labute approximate surface area is 110 Å². The fourth-order valence-corrected chi connectivity index (χ4v) is 1.000. The van der Waals surface area contributed by atoms with Gasteiger partial charge in [0, 0.05) is 5.56 Å². The van der Waals surface area contributed by atoms with Gasteiger partial charge in [-0.05, 0) is 18.2 Å². The second-order valence-corrected chi connectivity index (χ2v) is 3.07. The number of nitrogens with zero attached hydrogens (tertiary/aromatic N) is 1. The van der Waals surface area contributed by atoms with Gasteiger partial charge < -0.3 is 14.7 Å². The highest BCUT2D eigenvalue weighted by molar-refractivity contribution is 5.80. The Balaban J connectivity index is 0. The van der Waals surface area contributed by atoms with E-state index in [1.54, 1.807) is 32.4 Å². The first kappa shape index (κ1) is 18.6. The quantitative estimate of drug-likeness (QED) is 0.505. The topological polar surface area (TPSA) is 51.0 Å². The Bertz CT molecular complexity index is 325. The number of methoxy groups -OCH3 is 2. The van der Waals surface area contributed by atoms with E-state index in [0.29, 0.717) is 11.5 Å².